The van der Waals surface area contributed by atoms with E-state index in [1.165, 1.54) is 0 Å². The van der Waals surface area contributed by atoms with E-state index in [9.17, 15) is 14.7 Å². The summed E-state index contributed by atoms with van der Waals surface area (Å²) in [6, 6.07) is -1.09. The number of likely N-dealkylation sites (N-methyl/N-ethyl adjacent to an activating group) is 1. The number of nitrogens with zero attached hydrogens (tertiary/aromatic N) is 1. The molecule has 6 heteroatoms. The number of ether oxygens (including phenoxy) is 1. The molecule has 0 spiro atoms. The minimum absolute atomic E-state index is 0.0470. The van der Waals surface area contributed by atoms with Gasteiger partial charge in [0.2, 0.25) is 0 Å². The normalized spacial score (nSPS) is 17.2. The van der Waals surface area contributed by atoms with Crippen molar-refractivity contribution in [2.75, 3.05) is 26.3 Å². The van der Waals surface area contributed by atoms with E-state index in [0.717, 1.165) is 32.1 Å². The SMILES string of the molecule is CCOCCN(CC)C(=O)NC(C(=O)O)C1CCCCC1. The first-order valence-corrected chi connectivity index (χ1v) is 7.96. The number of carboxylic acids is 1. The average Bonchev–Trinajstić information content (AvgIpc) is 2.49. The van der Waals surface area contributed by atoms with Crippen LogP contribution >= 0.6 is 0 Å². The zero-order valence-electron chi connectivity index (χ0n) is 13.1. The first-order chi connectivity index (χ1) is 10.1. The molecule has 6 nitrogen and oxygen atoms in total. The summed E-state index contributed by atoms with van der Waals surface area (Å²) in [5.74, 6) is -0.887. The zero-order valence-corrected chi connectivity index (χ0v) is 13.1. The van der Waals surface area contributed by atoms with E-state index in [1.54, 1.807) is 4.90 Å². The number of amides is 2. The molecule has 0 aromatic rings. The summed E-state index contributed by atoms with van der Waals surface area (Å²) in [5, 5.41) is 12.1. The van der Waals surface area contributed by atoms with Gasteiger partial charge in [-0.2, -0.15) is 0 Å². The highest BCUT2D eigenvalue weighted by Crippen LogP contribution is 2.26. The van der Waals surface area contributed by atoms with Crippen molar-refractivity contribution < 1.29 is 19.4 Å². The van der Waals surface area contributed by atoms with Gasteiger partial charge in [0.15, 0.2) is 0 Å². The number of hydrogen-bond donors (Lipinski definition) is 2. The second-order valence-electron chi connectivity index (χ2n) is 5.44. The Balaban J connectivity index is 2.55. The van der Waals surface area contributed by atoms with Crippen LogP contribution in [-0.2, 0) is 9.53 Å². The second-order valence-corrected chi connectivity index (χ2v) is 5.44. The molecule has 21 heavy (non-hydrogen) atoms. The highest BCUT2D eigenvalue weighted by atomic mass is 16.5. The second kappa shape index (κ2) is 9.60. The molecule has 1 atom stereocenters. The van der Waals surface area contributed by atoms with Crippen molar-refractivity contribution in [2.45, 2.75) is 52.0 Å². The van der Waals surface area contributed by atoms with Crippen LogP contribution in [0.3, 0.4) is 0 Å². The average molecular weight is 300 g/mol. The van der Waals surface area contributed by atoms with E-state index >= 15 is 0 Å². The lowest BCUT2D eigenvalue weighted by Gasteiger charge is -2.30. The maximum absolute atomic E-state index is 12.2. The molecule has 0 aliphatic heterocycles. The van der Waals surface area contributed by atoms with Crippen LogP contribution in [0, 0.1) is 5.92 Å². The number of nitrogens with one attached hydrogen (secondary N) is 1. The summed E-state index contributed by atoms with van der Waals surface area (Å²) < 4.78 is 5.25. The van der Waals surface area contributed by atoms with E-state index in [0.29, 0.717) is 26.3 Å². The molecule has 0 bridgehead atoms. The zero-order chi connectivity index (χ0) is 15.7. The number of rotatable bonds is 8. The van der Waals surface area contributed by atoms with Crippen molar-refractivity contribution in [1.82, 2.24) is 10.2 Å². The van der Waals surface area contributed by atoms with Crippen molar-refractivity contribution in [2.24, 2.45) is 5.92 Å². The number of urea groups is 1. The molecule has 1 fully saturated rings. The number of aliphatic carboxylic acids is 1. The number of carbonyl (C=O) groups is 2. The van der Waals surface area contributed by atoms with Crippen LogP contribution < -0.4 is 5.32 Å². The van der Waals surface area contributed by atoms with Crippen molar-refractivity contribution in [1.29, 1.82) is 0 Å². The maximum atomic E-state index is 12.2. The summed E-state index contributed by atoms with van der Waals surface area (Å²) in [6.45, 7) is 5.88. The Bertz CT molecular complexity index is 330. The van der Waals surface area contributed by atoms with E-state index in [2.05, 4.69) is 5.32 Å². The van der Waals surface area contributed by atoms with Crippen molar-refractivity contribution >= 4 is 12.0 Å². The third-order valence-electron chi connectivity index (χ3n) is 4.04. The van der Waals surface area contributed by atoms with E-state index < -0.39 is 12.0 Å². The molecule has 122 valence electrons. The van der Waals surface area contributed by atoms with Crippen LogP contribution in [0.25, 0.3) is 0 Å². The fourth-order valence-corrected chi connectivity index (χ4v) is 2.80. The van der Waals surface area contributed by atoms with Crippen LogP contribution in [0.2, 0.25) is 0 Å². The monoisotopic (exact) mass is 300 g/mol. The van der Waals surface area contributed by atoms with Crippen LogP contribution in [-0.4, -0.2) is 54.4 Å². The van der Waals surface area contributed by atoms with Crippen molar-refractivity contribution in [3.05, 3.63) is 0 Å². The molecule has 1 unspecified atom stereocenters. The third-order valence-corrected chi connectivity index (χ3v) is 4.04. The van der Waals surface area contributed by atoms with Gasteiger partial charge in [0, 0.05) is 19.7 Å². The standard InChI is InChI=1S/C15H28N2O4/c1-3-17(10-11-21-4-2)15(20)16-13(14(18)19)12-8-6-5-7-9-12/h12-13H,3-11H2,1-2H3,(H,16,20)(H,18,19). The first-order valence-electron chi connectivity index (χ1n) is 7.96. The minimum Gasteiger partial charge on any atom is -0.480 e. The van der Waals surface area contributed by atoms with Crippen molar-refractivity contribution in [3.63, 3.8) is 0 Å². The van der Waals surface area contributed by atoms with Gasteiger partial charge >= 0.3 is 12.0 Å². The quantitative estimate of drug-likeness (QED) is 0.673. The van der Waals surface area contributed by atoms with Gasteiger partial charge in [-0.25, -0.2) is 9.59 Å². The molecule has 0 aromatic carbocycles. The number of hydrogen-bond acceptors (Lipinski definition) is 3. The molecule has 0 saturated heterocycles. The Hall–Kier alpha value is -1.30. The van der Waals surface area contributed by atoms with Crippen molar-refractivity contribution in [3.8, 4) is 0 Å². The lowest BCUT2D eigenvalue weighted by molar-refractivity contribution is -0.141. The summed E-state index contributed by atoms with van der Waals surface area (Å²) in [4.78, 5) is 25.3. The van der Waals surface area contributed by atoms with Crippen LogP contribution in [0.1, 0.15) is 46.0 Å². The molecule has 1 rings (SSSR count). The molecule has 0 heterocycles. The summed E-state index contributed by atoms with van der Waals surface area (Å²) in [7, 11) is 0. The Labute approximate surface area is 126 Å². The van der Waals surface area contributed by atoms with Gasteiger partial charge in [-0.1, -0.05) is 19.3 Å². The predicted octanol–water partition coefficient (Wildman–Crippen LogP) is 2.09. The van der Waals surface area contributed by atoms with E-state index in [1.807, 2.05) is 13.8 Å². The van der Waals surface area contributed by atoms with E-state index in [4.69, 9.17) is 4.74 Å². The summed E-state index contributed by atoms with van der Waals surface area (Å²) >= 11 is 0. The Morgan fingerprint density at radius 1 is 1.29 bits per heavy atom. The van der Waals surface area contributed by atoms with Gasteiger partial charge in [0.25, 0.3) is 0 Å². The highest BCUT2D eigenvalue weighted by molar-refractivity contribution is 5.82. The molecule has 0 aromatic heterocycles. The minimum atomic E-state index is -0.934. The maximum Gasteiger partial charge on any atom is 0.326 e. The highest BCUT2D eigenvalue weighted by Gasteiger charge is 2.31. The molecular formula is C15H28N2O4. The van der Waals surface area contributed by atoms with Gasteiger partial charge < -0.3 is 20.1 Å². The topological polar surface area (TPSA) is 78.9 Å². The largest absolute Gasteiger partial charge is 0.480 e. The molecule has 1 aliphatic carbocycles. The molecule has 1 aliphatic rings. The molecule has 0 radical (unpaired) electrons. The number of carbonyl (C=O) groups excluding carboxylic acids is 1. The molecule has 2 amide bonds. The van der Waals surface area contributed by atoms with Crippen LogP contribution in [0.5, 0.6) is 0 Å². The van der Waals surface area contributed by atoms with Gasteiger partial charge in [0.1, 0.15) is 6.04 Å². The Morgan fingerprint density at radius 3 is 2.48 bits per heavy atom. The van der Waals surface area contributed by atoms with Gasteiger partial charge in [-0.05, 0) is 32.6 Å². The molecule has 2 N–H and O–H groups in total. The van der Waals surface area contributed by atoms with Gasteiger partial charge in [-0.3, -0.25) is 0 Å². The lowest BCUT2D eigenvalue weighted by Crippen LogP contribution is -2.52. The molecular weight excluding hydrogens is 272 g/mol. The van der Waals surface area contributed by atoms with E-state index in [-0.39, 0.29) is 11.9 Å². The summed E-state index contributed by atoms with van der Waals surface area (Å²) in [5.41, 5.74) is 0. The summed E-state index contributed by atoms with van der Waals surface area (Å²) in [6.07, 6.45) is 5.01. The fourth-order valence-electron chi connectivity index (χ4n) is 2.80. The third kappa shape index (κ3) is 5.91. The van der Waals surface area contributed by atoms with Crippen LogP contribution in [0.15, 0.2) is 0 Å². The Morgan fingerprint density at radius 2 is 1.95 bits per heavy atom. The fraction of sp³-hybridized carbons (Fsp3) is 0.867. The first kappa shape index (κ1) is 17.8. The lowest BCUT2D eigenvalue weighted by atomic mass is 9.84. The molecule has 1 saturated carbocycles. The van der Waals surface area contributed by atoms with Crippen LogP contribution in [0.4, 0.5) is 4.79 Å². The van der Waals surface area contributed by atoms with Gasteiger partial charge in [-0.15, -0.1) is 0 Å². The smallest absolute Gasteiger partial charge is 0.326 e. The van der Waals surface area contributed by atoms with Gasteiger partial charge in [0.05, 0.1) is 6.61 Å². The number of carboxylic acid groups (broad SMARTS) is 1. The Kier molecular flexibility index (Phi) is 8.12. The predicted molar refractivity (Wildman–Crippen MR) is 80.3 cm³/mol.